The molecule has 1 fully saturated rings. The third kappa shape index (κ3) is 2.53. The Morgan fingerprint density at radius 3 is 3.22 bits per heavy atom. The van der Waals surface area contributed by atoms with Crippen molar-refractivity contribution >= 4 is 37.8 Å². The normalized spacial score (nSPS) is 19.0. The van der Waals surface area contributed by atoms with E-state index in [2.05, 4.69) is 37.8 Å². The number of likely N-dealkylation sites (tertiary alicyclic amines) is 1. The van der Waals surface area contributed by atoms with Crippen LogP contribution in [0.25, 0.3) is 21.9 Å². The lowest BCUT2D eigenvalue weighted by molar-refractivity contribution is 0.188. The Labute approximate surface area is 140 Å². The Bertz CT molecular complexity index is 933. The highest BCUT2D eigenvalue weighted by atomic mass is 79.9. The van der Waals surface area contributed by atoms with Gasteiger partial charge in [-0.2, -0.15) is 4.98 Å². The van der Waals surface area contributed by atoms with Crippen molar-refractivity contribution in [3.63, 3.8) is 0 Å². The van der Waals surface area contributed by atoms with Gasteiger partial charge < -0.3 is 14.1 Å². The number of hydrogen-bond donors (Lipinski definition) is 1. The van der Waals surface area contributed by atoms with E-state index < -0.39 is 0 Å². The Morgan fingerprint density at radius 1 is 1.57 bits per heavy atom. The summed E-state index contributed by atoms with van der Waals surface area (Å²) in [7, 11) is 2.09. The molecule has 1 unspecified atom stereocenters. The molecule has 1 aromatic carbocycles. The van der Waals surface area contributed by atoms with Gasteiger partial charge in [-0.3, -0.25) is 9.78 Å². The molecule has 1 N–H and O–H groups in total. The van der Waals surface area contributed by atoms with Crippen molar-refractivity contribution in [1.82, 2.24) is 14.9 Å². The van der Waals surface area contributed by atoms with Crippen LogP contribution in [0.3, 0.4) is 0 Å². The molecule has 0 spiro atoms. The first-order valence-electron chi connectivity index (χ1n) is 7.56. The maximum Gasteiger partial charge on any atom is 0.297 e. The number of aromatic nitrogens is 2. The minimum Gasteiger partial charge on any atom is -0.463 e. The van der Waals surface area contributed by atoms with Gasteiger partial charge in [0.15, 0.2) is 0 Å². The molecule has 1 atom stereocenters. The van der Waals surface area contributed by atoms with Crippen molar-refractivity contribution in [1.29, 1.82) is 0 Å². The zero-order chi connectivity index (χ0) is 16.0. The maximum atomic E-state index is 12.4. The van der Waals surface area contributed by atoms with Crippen molar-refractivity contribution in [3.05, 3.63) is 33.2 Å². The van der Waals surface area contributed by atoms with E-state index in [9.17, 15) is 4.79 Å². The number of rotatable bonds is 3. The van der Waals surface area contributed by atoms with Gasteiger partial charge in [0.2, 0.25) is 0 Å². The number of likely N-dealkylation sites (N-methyl/N-ethyl adjacent to an activating group) is 1. The smallest absolute Gasteiger partial charge is 0.297 e. The summed E-state index contributed by atoms with van der Waals surface area (Å²) in [5.74, 6) is 0. The fourth-order valence-electron chi connectivity index (χ4n) is 3.12. The second-order valence-electron chi connectivity index (χ2n) is 5.87. The molecule has 1 aliphatic heterocycles. The quantitative estimate of drug-likeness (QED) is 0.759. The van der Waals surface area contributed by atoms with Gasteiger partial charge in [0.25, 0.3) is 11.6 Å². The molecule has 120 valence electrons. The molecule has 0 radical (unpaired) electrons. The SMILES string of the molecule is CN1CCCC1COc1nc2cc(Br)c3ccoc3c2c(=O)[nH]1. The zero-order valence-electron chi connectivity index (χ0n) is 12.6. The molecule has 4 rings (SSSR count). The van der Waals surface area contributed by atoms with E-state index in [0.717, 1.165) is 22.8 Å². The number of nitrogens with zero attached hydrogens (tertiary/aromatic N) is 2. The molecular weight excluding hydrogens is 362 g/mol. The summed E-state index contributed by atoms with van der Waals surface area (Å²) in [6, 6.07) is 4.26. The van der Waals surface area contributed by atoms with E-state index in [1.54, 1.807) is 6.26 Å². The largest absolute Gasteiger partial charge is 0.463 e. The fraction of sp³-hybridized carbons (Fsp3) is 0.375. The molecule has 2 aromatic heterocycles. The van der Waals surface area contributed by atoms with Gasteiger partial charge in [0.05, 0.1) is 11.8 Å². The van der Waals surface area contributed by atoms with Gasteiger partial charge in [-0.15, -0.1) is 0 Å². The van der Waals surface area contributed by atoms with Crippen molar-refractivity contribution in [2.45, 2.75) is 18.9 Å². The van der Waals surface area contributed by atoms with Gasteiger partial charge in [0.1, 0.15) is 17.6 Å². The molecule has 1 aliphatic rings. The number of hydrogen-bond acceptors (Lipinski definition) is 5. The third-order valence-corrected chi connectivity index (χ3v) is 5.08. The highest BCUT2D eigenvalue weighted by Gasteiger charge is 2.22. The van der Waals surface area contributed by atoms with Crippen LogP contribution in [0.15, 0.2) is 32.1 Å². The number of halogens is 1. The van der Waals surface area contributed by atoms with Crippen molar-refractivity contribution in [2.75, 3.05) is 20.2 Å². The fourth-order valence-corrected chi connectivity index (χ4v) is 3.64. The van der Waals surface area contributed by atoms with Crippen LogP contribution in [0.5, 0.6) is 6.01 Å². The lowest BCUT2D eigenvalue weighted by Gasteiger charge is -2.19. The van der Waals surface area contributed by atoms with Crippen LogP contribution in [-0.2, 0) is 0 Å². The molecule has 0 aliphatic carbocycles. The van der Waals surface area contributed by atoms with Gasteiger partial charge in [0, 0.05) is 15.9 Å². The van der Waals surface area contributed by atoms with E-state index in [4.69, 9.17) is 9.15 Å². The lowest BCUT2D eigenvalue weighted by atomic mass is 10.2. The first kappa shape index (κ1) is 14.7. The first-order chi connectivity index (χ1) is 11.1. The van der Waals surface area contributed by atoms with Gasteiger partial charge >= 0.3 is 0 Å². The Kier molecular flexibility index (Phi) is 3.61. The van der Waals surface area contributed by atoms with Crippen LogP contribution in [0.4, 0.5) is 0 Å². The average molecular weight is 378 g/mol. The average Bonchev–Trinajstić information content (AvgIpc) is 3.14. The minimum absolute atomic E-state index is 0.251. The number of fused-ring (bicyclic) bond motifs is 3. The van der Waals surface area contributed by atoms with Crippen LogP contribution in [0.1, 0.15) is 12.8 Å². The molecule has 0 amide bonds. The van der Waals surface area contributed by atoms with Crippen LogP contribution < -0.4 is 10.3 Å². The van der Waals surface area contributed by atoms with Crippen LogP contribution in [0, 0.1) is 0 Å². The molecule has 6 nitrogen and oxygen atoms in total. The summed E-state index contributed by atoms with van der Waals surface area (Å²) in [5, 5.41) is 1.30. The van der Waals surface area contributed by atoms with Crippen molar-refractivity contribution in [3.8, 4) is 6.01 Å². The monoisotopic (exact) mass is 377 g/mol. The molecule has 3 heterocycles. The summed E-state index contributed by atoms with van der Waals surface area (Å²) < 4.78 is 12.0. The predicted octanol–water partition coefficient (Wildman–Crippen LogP) is 2.90. The standard InChI is InChI=1S/C16H16BrN3O3/c1-20-5-2-3-9(20)8-23-16-18-12-7-11(17)10-4-6-22-14(10)13(12)15(21)19-16/h4,6-7,9H,2-3,5,8H2,1H3,(H,18,19,21). The highest BCUT2D eigenvalue weighted by Crippen LogP contribution is 2.30. The summed E-state index contributed by atoms with van der Waals surface area (Å²) in [5.41, 5.74) is 0.834. The first-order valence-corrected chi connectivity index (χ1v) is 8.35. The topological polar surface area (TPSA) is 71.4 Å². The molecule has 23 heavy (non-hydrogen) atoms. The van der Waals surface area contributed by atoms with Crippen molar-refractivity contribution in [2.24, 2.45) is 0 Å². The molecule has 1 saturated heterocycles. The van der Waals surface area contributed by atoms with Crippen LogP contribution >= 0.6 is 15.9 Å². The van der Waals surface area contributed by atoms with Crippen LogP contribution in [-0.4, -0.2) is 41.1 Å². The van der Waals surface area contributed by atoms with E-state index in [-0.39, 0.29) is 11.6 Å². The lowest BCUT2D eigenvalue weighted by Crippen LogP contribution is -2.31. The number of benzene rings is 1. The van der Waals surface area contributed by atoms with Gasteiger partial charge in [-0.1, -0.05) is 0 Å². The zero-order valence-corrected chi connectivity index (χ0v) is 14.2. The molecule has 7 heteroatoms. The summed E-state index contributed by atoms with van der Waals surface area (Å²) in [4.78, 5) is 21.8. The molecular formula is C16H16BrN3O3. The van der Waals surface area contributed by atoms with Crippen LogP contribution in [0.2, 0.25) is 0 Å². The summed E-state index contributed by atoms with van der Waals surface area (Å²) in [6.07, 6.45) is 3.84. The number of furan rings is 1. The predicted molar refractivity (Wildman–Crippen MR) is 91.0 cm³/mol. The Balaban J connectivity index is 1.72. The second kappa shape index (κ2) is 5.65. The number of nitrogens with one attached hydrogen (secondary N) is 1. The molecule has 0 bridgehead atoms. The van der Waals surface area contributed by atoms with E-state index >= 15 is 0 Å². The minimum atomic E-state index is -0.253. The van der Waals surface area contributed by atoms with E-state index in [1.807, 2.05) is 12.1 Å². The van der Waals surface area contributed by atoms with E-state index in [1.165, 1.54) is 6.42 Å². The summed E-state index contributed by atoms with van der Waals surface area (Å²) in [6.45, 7) is 1.61. The molecule has 0 saturated carbocycles. The third-order valence-electron chi connectivity index (χ3n) is 4.42. The Morgan fingerprint density at radius 2 is 2.43 bits per heavy atom. The number of aromatic amines is 1. The maximum absolute atomic E-state index is 12.4. The summed E-state index contributed by atoms with van der Waals surface area (Å²) >= 11 is 3.49. The molecule has 3 aromatic rings. The second-order valence-corrected chi connectivity index (χ2v) is 6.73. The number of ether oxygens (including phenoxy) is 1. The van der Waals surface area contributed by atoms with E-state index in [0.29, 0.717) is 29.1 Å². The van der Waals surface area contributed by atoms with Gasteiger partial charge in [-0.25, -0.2) is 0 Å². The Hall–Kier alpha value is -1.86. The highest BCUT2D eigenvalue weighted by molar-refractivity contribution is 9.10. The number of H-pyrrole nitrogens is 1. The van der Waals surface area contributed by atoms with Gasteiger partial charge in [-0.05, 0) is 54.5 Å². The van der Waals surface area contributed by atoms with Crippen molar-refractivity contribution < 1.29 is 9.15 Å².